The van der Waals surface area contributed by atoms with E-state index in [0.717, 1.165) is 21.5 Å². The maximum absolute atomic E-state index is 8.85. The van der Waals surface area contributed by atoms with E-state index in [2.05, 4.69) is 39.6 Å². The van der Waals surface area contributed by atoms with Gasteiger partial charge in [-0.25, -0.2) is 0 Å². The monoisotopic (exact) mass is 289 g/mol. The fourth-order valence-corrected chi connectivity index (χ4v) is 2.12. The minimum atomic E-state index is 0.636. The lowest BCUT2D eigenvalue weighted by atomic mass is 10.2. The number of rotatable bonds is 2. The van der Waals surface area contributed by atoms with Crippen LogP contribution in [0.4, 0.5) is 5.69 Å². The van der Waals surface area contributed by atoms with Gasteiger partial charge in [0, 0.05) is 15.9 Å². The third-order valence-corrected chi connectivity index (χ3v) is 3.26. The Morgan fingerprint density at radius 1 is 1.18 bits per heavy atom. The van der Waals surface area contributed by atoms with Crippen LogP contribution in [0.15, 0.2) is 34.8 Å². The zero-order valence-electron chi connectivity index (χ0n) is 9.66. The molecule has 0 bridgehead atoms. The number of hydrogen-bond acceptors (Lipinski definition) is 2. The average Bonchev–Trinajstić information content (AvgIpc) is 2.61. The fraction of sp³-hybridized carbons (Fsp3) is 0.154. The summed E-state index contributed by atoms with van der Waals surface area (Å²) in [6.07, 6.45) is 0. The predicted molar refractivity (Wildman–Crippen MR) is 71.8 cm³/mol. The van der Waals surface area contributed by atoms with E-state index in [4.69, 9.17) is 5.26 Å². The molecule has 0 fully saturated rings. The number of anilines is 1. The van der Waals surface area contributed by atoms with Gasteiger partial charge in [-0.05, 0) is 60.1 Å². The van der Waals surface area contributed by atoms with Gasteiger partial charge in [-0.15, -0.1) is 0 Å². The Labute approximate surface area is 109 Å². The summed E-state index contributed by atoms with van der Waals surface area (Å²) in [7, 11) is 0. The van der Waals surface area contributed by atoms with Crippen molar-refractivity contribution in [3.05, 3.63) is 51.8 Å². The molecule has 1 aromatic carbocycles. The van der Waals surface area contributed by atoms with Crippen LogP contribution in [0, 0.1) is 25.2 Å². The van der Waals surface area contributed by atoms with E-state index in [-0.39, 0.29) is 0 Å². The lowest BCUT2D eigenvalue weighted by Crippen LogP contribution is -2.12. The summed E-state index contributed by atoms with van der Waals surface area (Å²) in [5.41, 5.74) is 7.15. The molecule has 0 amide bonds. The Morgan fingerprint density at radius 2 is 1.82 bits per heavy atom. The van der Waals surface area contributed by atoms with Crippen molar-refractivity contribution in [2.75, 3.05) is 5.43 Å². The van der Waals surface area contributed by atoms with E-state index < -0.39 is 0 Å². The van der Waals surface area contributed by atoms with Crippen LogP contribution in [0.2, 0.25) is 0 Å². The van der Waals surface area contributed by atoms with Crippen molar-refractivity contribution in [3.63, 3.8) is 0 Å². The molecule has 2 rings (SSSR count). The molecule has 1 heterocycles. The topological polar surface area (TPSA) is 40.8 Å². The SMILES string of the molecule is Cc1ccc(C)n1Nc1ccc(C#N)c(Br)c1. The van der Waals surface area contributed by atoms with Gasteiger partial charge in [0.15, 0.2) is 0 Å². The van der Waals surface area contributed by atoms with Crippen LogP contribution in [-0.4, -0.2) is 4.68 Å². The number of hydrogen-bond donors (Lipinski definition) is 1. The van der Waals surface area contributed by atoms with E-state index in [1.54, 1.807) is 6.07 Å². The molecule has 0 aliphatic carbocycles. The number of aromatic nitrogens is 1. The Hall–Kier alpha value is -1.73. The first-order chi connectivity index (χ1) is 8.11. The van der Waals surface area contributed by atoms with Gasteiger partial charge in [0.1, 0.15) is 6.07 Å². The minimum absolute atomic E-state index is 0.636. The van der Waals surface area contributed by atoms with Gasteiger partial charge < -0.3 is 0 Å². The summed E-state index contributed by atoms with van der Waals surface area (Å²) >= 11 is 3.38. The molecule has 0 saturated carbocycles. The zero-order valence-corrected chi connectivity index (χ0v) is 11.2. The van der Waals surface area contributed by atoms with E-state index in [9.17, 15) is 0 Å². The number of nitriles is 1. The first-order valence-corrected chi connectivity index (χ1v) is 6.03. The van der Waals surface area contributed by atoms with Gasteiger partial charge in [0.2, 0.25) is 0 Å². The third-order valence-electron chi connectivity index (χ3n) is 2.60. The standard InChI is InChI=1S/C13H12BrN3/c1-9-3-4-10(2)17(9)16-12-6-5-11(8-15)13(14)7-12/h3-7,16H,1-2H3. The van der Waals surface area contributed by atoms with Crippen molar-refractivity contribution in [1.29, 1.82) is 5.26 Å². The maximum Gasteiger partial charge on any atom is 0.100 e. The molecule has 0 radical (unpaired) electrons. The molecule has 2 aromatic rings. The average molecular weight is 290 g/mol. The highest BCUT2D eigenvalue weighted by Crippen LogP contribution is 2.21. The van der Waals surface area contributed by atoms with Crippen molar-refractivity contribution in [2.24, 2.45) is 0 Å². The van der Waals surface area contributed by atoms with Crippen LogP contribution in [0.1, 0.15) is 17.0 Å². The van der Waals surface area contributed by atoms with Gasteiger partial charge in [-0.2, -0.15) is 5.26 Å². The highest BCUT2D eigenvalue weighted by Gasteiger charge is 2.03. The lowest BCUT2D eigenvalue weighted by Gasteiger charge is -2.13. The smallest absolute Gasteiger partial charge is 0.100 e. The van der Waals surface area contributed by atoms with Crippen LogP contribution < -0.4 is 5.43 Å². The van der Waals surface area contributed by atoms with Crippen LogP contribution >= 0.6 is 15.9 Å². The molecular formula is C13H12BrN3. The fourth-order valence-electron chi connectivity index (χ4n) is 1.65. The molecular weight excluding hydrogens is 278 g/mol. The second-order valence-electron chi connectivity index (χ2n) is 3.87. The molecule has 86 valence electrons. The zero-order chi connectivity index (χ0) is 12.4. The minimum Gasteiger partial charge on any atom is -0.294 e. The highest BCUT2D eigenvalue weighted by atomic mass is 79.9. The molecule has 1 aromatic heterocycles. The van der Waals surface area contributed by atoms with E-state index in [1.807, 2.05) is 30.7 Å². The van der Waals surface area contributed by atoms with Gasteiger partial charge >= 0.3 is 0 Å². The molecule has 1 N–H and O–H groups in total. The molecule has 0 unspecified atom stereocenters. The predicted octanol–water partition coefficient (Wildman–Crippen LogP) is 3.61. The summed E-state index contributed by atoms with van der Waals surface area (Å²) < 4.78 is 2.81. The summed E-state index contributed by atoms with van der Waals surface area (Å²) in [6.45, 7) is 4.08. The second-order valence-corrected chi connectivity index (χ2v) is 4.72. The van der Waals surface area contributed by atoms with Crippen molar-refractivity contribution in [1.82, 2.24) is 4.68 Å². The van der Waals surface area contributed by atoms with Crippen LogP contribution in [0.25, 0.3) is 0 Å². The number of nitrogens with zero attached hydrogens (tertiary/aromatic N) is 2. The van der Waals surface area contributed by atoms with Crippen LogP contribution in [0.3, 0.4) is 0 Å². The Morgan fingerprint density at radius 3 is 2.35 bits per heavy atom. The molecule has 3 nitrogen and oxygen atoms in total. The molecule has 0 aliphatic rings. The Balaban J connectivity index is 2.32. The quantitative estimate of drug-likeness (QED) is 0.917. The molecule has 0 spiro atoms. The summed E-state index contributed by atoms with van der Waals surface area (Å²) in [5.74, 6) is 0. The highest BCUT2D eigenvalue weighted by molar-refractivity contribution is 9.10. The van der Waals surface area contributed by atoms with E-state index >= 15 is 0 Å². The van der Waals surface area contributed by atoms with Crippen LogP contribution in [0.5, 0.6) is 0 Å². The summed E-state index contributed by atoms with van der Waals surface area (Å²) in [4.78, 5) is 0. The van der Waals surface area contributed by atoms with Crippen molar-refractivity contribution in [2.45, 2.75) is 13.8 Å². The first-order valence-electron chi connectivity index (χ1n) is 5.23. The van der Waals surface area contributed by atoms with Crippen molar-refractivity contribution >= 4 is 21.6 Å². The van der Waals surface area contributed by atoms with E-state index in [1.165, 1.54) is 0 Å². The summed E-state index contributed by atoms with van der Waals surface area (Å²) in [6, 6.07) is 11.8. The van der Waals surface area contributed by atoms with Crippen LogP contribution in [-0.2, 0) is 0 Å². The van der Waals surface area contributed by atoms with Crippen molar-refractivity contribution < 1.29 is 0 Å². The summed E-state index contributed by atoms with van der Waals surface area (Å²) in [5, 5.41) is 8.85. The van der Waals surface area contributed by atoms with Gasteiger partial charge in [-0.3, -0.25) is 10.1 Å². The van der Waals surface area contributed by atoms with Gasteiger partial charge in [0.25, 0.3) is 0 Å². The van der Waals surface area contributed by atoms with Crippen molar-refractivity contribution in [3.8, 4) is 6.07 Å². The first kappa shape index (κ1) is 11.7. The number of benzene rings is 1. The largest absolute Gasteiger partial charge is 0.294 e. The second kappa shape index (κ2) is 4.64. The Kier molecular flexibility index (Phi) is 3.21. The number of aryl methyl sites for hydroxylation is 2. The lowest BCUT2D eigenvalue weighted by molar-refractivity contribution is 0.881. The third kappa shape index (κ3) is 2.34. The number of nitrogens with one attached hydrogen (secondary N) is 1. The molecule has 4 heteroatoms. The maximum atomic E-state index is 8.85. The van der Waals surface area contributed by atoms with E-state index in [0.29, 0.717) is 5.56 Å². The molecule has 0 atom stereocenters. The number of halogens is 1. The Bertz CT molecular complexity index is 574. The molecule has 0 saturated heterocycles. The van der Waals surface area contributed by atoms with Gasteiger partial charge in [0.05, 0.1) is 11.3 Å². The molecule has 17 heavy (non-hydrogen) atoms. The normalized spacial score (nSPS) is 10.0. The molecule has 0 aliphatic heterocycles. The van der Waals surface area contributed by atoms with Gasteiger partial charge in [-0.1, -0.05) is 0 Å².